The normalized spacial score (nSPS) is 16.6. The van der Waals surface area contributed by atoms with Gasteiger partial charge >= 0.3 is 0 Å². The summed E-state index contributed by atoms with van der Waals surface area (Å²) in [5.41, 5.74) is 3.38. The van der Waals surface area contributed by atoms with Gasteiger partial charge in [0.05, 0.1) is 5.56 Å². The van der Waals surface area contributed by atoms with E-state index in [1.807, 2.05) is 6.92 Å². The van der Waals surface area contributed by atoms with E-state index in [0.717, 1.165) is 12.1 Å². The second-order valence-electron chi connectivity index (χ2n) is 4.55. The fourth-order valence-electron chi connectivity index (χ4n) is 2.18. The number of nitrogen functional groups attached to an aromatic ring is 1. The number of nitrogens with zero attached hydrogens (tertiary/aromatic N) is 3. The summed E-state index contributed by atoms with van der Waals surface area (Å²) in [7, 11) is 0. The van der Waals surface area contributed by atoms with E-state index in [9.17, 15) is 0 Å². The van der Waals surface area contributed by atoms with Gasteiger partial charge in [-0.2, -0.15) is 0 Å². The van der Waals surface area contributed by atoms with E-state index in [4.69, 9.17) is 10.6 Å². The van der Waals surface area contributed by atoms with Crippen LogP contribution in [-0.2, 0) is 0 Å². The van der Waals surface area contributed by atoms with Crippen LogP contribution in [0.5, 0.6) is 5.88 Å². The molecule has 0 spiro atoms. The van der Waals surface area contributed by atoms with Crippen molar-refractivity contribution in [2.24, 2.45) is 5.84 Å². The fourth-order valence-corrected chi connectivity index (χ4v) is 2.18. The molecule has 6 heteroatoms. The van der Waals surface area contributed by atoms with Crippen LogP contribution in [0.2, 0.25) is 0 Å². The summed E-state index contributed by atoms with van der Waals surface area (Å²) in [4.78, 5) is 10.6. The lowest BCUT2D eigenvalue weighted by Gasteiger charge is -2.26. The van der Waals surface area contributed by atoms with Gasteiger partial charge < -0.3 is 10.2 Å². The van der Waals surface area contributed by atoms with Crippen molar-refractivity contribution in [1.82, 2.24) is 14.9 Å². The molecule has 1 fully saturated rings. The van der Waals surface area contributed by atoms with E-state index in [-0.39, 0.29) is 0 Å². The topological polar surface area (TPSA) is 76.3 Å². The highest BCUT2D eigenvalue weighted by Crippen LogP contribution is 2.19. The van der Waals surface area contributed by atoms with Crippen molar-refractivity contribution >= 4 is 5.82 Å². The van der Waals surface area contributed by atoms with Crippen LogP contribution in [0.15, 0.2) is 6.33 Å². The maximum atomic E-state index is 5.69. The smallest absolute Gasteiger partial charge is 0.221 e. The number of likely N-dealkylation sites (tertiary alicyclic amines) is 1. The standard InChI is InChI=1S/C12H21N5O/c1-10-11(16-13)14-9-15-12(10)18-8-7-17-5-3-2-4-6-17/h9H,2-8,13H2,1H3,(H,14,15,16). The molecule has 2 rings (SSSR count). The summed E-state index contributed by atoms with van der Waals surface area (Å²) in [6.07, 6.45) is 5.41. The van der Waals surface area contributed by atoms with Gasteiger partial charge in [0.15, 0.2) is 0 Å². The molecule has 0 saturated carbocycles. The molecular formula is C12H21N5O. The van der Waals surface area contributed by atoms with Gasteiger partial charge in [0, 0.05) is 6.54 Å². The lowest BCUT2D eigenvalue weighted by atomic mass is 10.1. The molecule has 3 N–H and O–H groups in total. The number of rotatable bonds is 5. The molecule has 6 nitrogen and oxygen atoms in total. The maximum absolute atomic E-state index is 5.69. The van der Waals surface area contributed by atoms with E-state index in [2.05, 4.69) is 20.3 Å². The van der Waals surface area contributed by atoms with E-state index < -0.39 is 0 Å². The molecule has 100 valence electrons. The number of ether oxygens (including phenoxy) is 1. The van der Waals surface area contributed by atoms with Gasteiger partial charge in [-0.15, -0.1) is 0 Å². The third-order valence-electron chi connectivity index (χ3n) is 3.27. The molecular weight excluding hydrogens is 230 g/mol. The molecule has 1 aliphatic rings. The monoisotopic (exact) mass is 251 g/mol. The number of hydrazine groups is 1. The first kappa shape index (κ1) is 13.0. The zero-order valence-corrected chi connectivity index (χ0v) is 10.9. The molecule has 0 aromatic carbocycles. The molecule has 1 aromatic rings. The van der Waals surface area contributed by atoms with Crippen molar-refractivity contribution in [3.8, 4) is 5.88 Å². The van der Waals surface area contributed by atoms with Crippen molar-refractivity contribution in [3.63, 3.8) is 0 Å². The number of anilines is 1. The Balaban J connectivity index is 1.82. The predicted octanol–water partition coefficient (Wildman–Crippen LogP) is 0.935. The summed E-state index contributed by atoms with van der Waals surface area (Å²) in [6.45, 7) is 5.87. The highest BCUT2D eigenvalue weighted by molar-refractivity contribution is 5.46. The molecule has 0 atom stereocenters. The van der Waals surface area contributed by atoms with Crippen molar-refractivity contribution < 1.29 is 4.74 Å². The van der Waals surface area contributed by atoms with Gasteiger partial charge in [0.25, 0.3) is 0 Å². The van der Waals surface area contributed by atoms with Crippen LogP contribution in [0.1, 0.15) is 24.8 Å². The van der Waals surface area contributed by atoms with Gasteiger partial charge in [-0.25, -0.2) is 15.8 Å². The summed E-state index contributed by atoms with van der Waals surface area (Å²) >= 11 is 0. The highest BCUT2D eigenvalue weighted by atomic mass is 16.5. The van der Waals surface area contributed by atoms with E-state index in [0.29, 0.717) is 18.3 Å². The molecule has 0 amide bonds. The molecule has 0 aliphatic carbocycles. The molecule has 0 unspecified atom stereocenters. The van der Waals surface area contributed by atoms with Gasteiger partial charge in [-0.05, 0) is 32.9 Å². The van der Waals surface area contributed by atoms with Gasteiger partial charge in [0.2, 0.25) is 5.88 Å². The van der Waals surface area contributed by atoms with Gasteiger partial charge in [-0.3, -0.25) is 4.90 Å². The van der Waals surface area contributed by atoms with Crippen LogP contribution in [-0.4, -0.2) is 41.1 Å². The number of piperidine rings is 1. The summed E-state index contributed by atoms with van der Waals surface area (Å²) in [6, 6.07) is 0. The molecule has 1 saturated heterocycles. The van der Waals surface area contributed by atoms with Gasteiger partial charge in [0.1, 0.15) is 18.8 Å². The average molecular weight is 251 g/mol. The van der Waals surface area contributed by atoms with Crippen molar-refractivity contribution in [3.05, 3.63) is 11.9 Å². The summed E-state index contributed by atoms with van der Waals surface area (Å²) in [5.74, 6) is 6.58. The molecule has 2 heterocycles. The number of nitrogens with one attached hydrogen (secondary N) is 1. The quantitative estimate of drug-likeness (QED) is 0.599. The number of hydrogen-bond donors (Lipinski definition) is 2. The Morgan fingerprint density at radius 1 is 1.33 bits per heavy atom. The predicted molar refractivity (Wildman–Crippen MR) is 70.4 cm³/mol. The molecule has 1 aromatic heterocycles. The van der Waals surface area contributed by atoms with Crippen LogP contribution in [0.4, 0.5) is 5.82 Å². The van der Waals surface area contributed by atoms with E-state index in [1.54, 1.807) is 0 Å². The lowest BCUT2D eigenvalue weighted by Crippen LogP contribution is -2.33. The molecule has 18 heavy (non-hydrogen) atoms. The summed E-state index contributed by atoms with van der Waals surface area (Å²) < 4.78 is 5.69. The van der Waals surface area contributed by atoms with Crippen molar-refractivity contribution in [2.45, 2.75) is 26.2 Å². The molecule has 1 aliphatic heterocycles. The minimum absolute atomic E-state index is 0.606. The SMILES string of the molecule is Cc1c(NN)ncnc1OCCN1CCCCC1. The zero-order chi connectivity index (χ0) is 12.8. The third kappa shape index (κ3) is 3.30. The average Bonchev–Trinajstić information content (AvgIpc) is 2.42. The second-order valence-corrected chi connectivity index (χ2v) is 4.55. The number of aromatic nitrogens is 2. The minimum Gasteiger partial charge on any atom is -0.476 e. The Morgan fingerprint density at radius 2 is 2.11 bits per heavy atom. The van der Waals surface area contributed by atoms with Crippen molar-refractivity contribution in [2.75, 3.05) is 31.7 Å². The van der Waals surface area contributed by atoms with Crippen molar-refractivity contribution in [1.29, 1.82) is 0 Å². The Labute approximate surface area is 108 Å². The van der Waals surface area contributed by atoms with Crippen LogP contribution >= 0.6 is 0 Å². The third-order valence-corrected chi connectivity index (χ3v) is 3.27. The largest absolute Gasteiger partial charge is 0.476 e. The summed E-state index contributed by atoms with van der Waals surface area (Å²) in [5, 5.41) is 0. The van der Waals surface area contributed by atoms with Crippen LogP contribution < -0.4 is 16.0 Å². The first-order valence-electron chi connectivity index (χ1n) is 6.44. The highest BCUT2D eigenvalue weighted by Gasteiger charge is 2.11. The van der Waals surface area contributed by atoms with Gasteiger partial charge in [-0.1, -0.05) is 6.42 Å². The maximum Gasteiger partial charge on any atom is 0.221 e. The zero-order valence-electron chi connectivity index (χ0n) is 10.9. The van der Waals surface area contributed by atoms with Crippen LogP contribution in [0.3, 0.4) is 0 Å². The molecule has 0 bridgehead atoms. The van der Waals surface area contributed by atoms with Crippen LogP contribution in [0, 0.1) is 6.92 Å². The Bertz CT molecular complexity index is 379. The van der Waals surface area contributed by atoms with Crippen LogP contribution in [0.25, 0.3) is 0 Å². The number of nitrogens with two attached hydrogens (primary N) is 1. The first-order valence-corrected chi connectivity index (χ1v) is 6.44. The minimum atomic E-state index is 0.606. The molecule has 0 radical (unpaired) electrons. The fraction of sp³-hybridized carbons (Fsp3) is 0.667. The second kappa shape index (κ2) is 6.51. The number of hydrogen-bond acceptors (Lipinski definition) is 6. The Morgan fingerprint density at radius 3 is 2.83 bits per heavy atom. The van der Waals surface area contributed by atoms with E-state index >= 15 is 0 Å². The first-order chi connectivity index (χ1) is 8.81. The Hall–Kier alpha value is -1.40. The lowest BCUT2D eigenvalue weighted by molar-refractivity contribution is 0.180. The van der Waals surface area contributed by atoms with E-state index in [1.165, 1.54) is 38.7 Å². The Kier molecular flexibility index (Phi) is 4.72.